The summed E-state index contributed by atoms with van der Waals surface area (Å²) in [4.78, 5) is 18.5. The van der Waals surface area contributed by atoms with Crippen LogP contribution in [-0.4, -0.2) is 15.9 Å². The van der Waals surface area contributed by atoms with Crippen LogP contribution in [0.25, 0.3) is 0 Å². The summed E-state index contributed by atoms with van der Waals surface area (Å²) >= 11 is 0. The lowest BCUT2D eigenvalue weighted by atomic mass is 10.1. The smallest absolute Gasteiger partial charge is 0.254 e. The number of aromatic amines is 1. The van der Waals surface area contributed by atoms with Gasteiger partial charge < -0.3 is 10.3 Å². The fourth-order valence-electron chi connectivity index (χ4n) is 1.42. The normalized spacial score (nSPS) is 9.59. The van der Waals surface area contributed by atoms with Crippen molar-refractivity contribution >= 4 is 5.91 Å². The van der Waals surface area contributed by atoms with E-state index >= 15 is 0 Å². The molecule has 0 atom stereocenters. The summed E-state index contributed by atoms with van der Waals surface area (Å²) in [5, 5.41) is 11.6. The molecular formula is C12H10N4O. The zero-order valence-electron chi connectivity index (χ0n) is 8.97. The molecule has 1 amide bonds. The number of carbonyl (C=O) groups is 1. The molecule has 0 bridgehead atoms. The molecule has 0 aromatic carbocycles. The summed E-state index contributed by atoms with van der Waals surface area (Å²) in [5.74, 6) is -0.296. The molecule has 2 rings (SSSR count). The van der Waals surface area contributed by atoms with Gasteiger partial charge in [-0.3, -0.25) is 9.78 Å². The standard InChI is InChI=1S/C12H10N4O/c13-5-10-2-4-15-8-11(10)12(17)16-7-9-1-3-14-6-9/h1-4,6,8,14H,7H2,(H,16,17). The highest BCUT2D eigenvalue weighted by Gasteiger charge is 2.10. The number of aromatic nitrogens is 2. The van der Waals surface area contributed by atoms with Crippen LogP contribution in [-0.2, 0) is 6.54 Å². The van der Waals surface area contributed by atoms with Gasteiger partial charge in [-0.2, -0.15) is 5.26 Å². The van der Waals surface area contributed by atoms with Gasteiger partial charge in [0.1, 0.15) is 6.07 Å². The van der Waals surface area contributed by atoms with Gasteiger partial charge in [0.2, 0.25) is 0 Å². The van der Waals surface area contributed by atoms with Crippen LogP contribution >= 0.6 is 0 Å². The Labute approximate surface area is 98.1 Å². The maximum Gasteiger partial charge on any atom is 0.254 e. The lowest BCUT2D eigenvalue weighted by molar-refractivity contribution is 0.0950. The molecule has 2 aromatic rings. The van der Waals surface area contributed by atoms with E-state index in [1.807, 2.05) is 12.1 Å². The van der Waals surface area contributed by atoms with Crippen molar-refractivity contribution in [2.24, 2.45) is 0 Å². The van der Waals surface area contributed by atoms with Crippen molar-refractivity contribution in [2.45, 2.75) is 6.54 Å². The van der Waals surface area contributed by atoms with Crippen molar-refractivity contribution < 1.29 is 4.79 Å². The number of nitriles is 1. The van der Waals surface area contributed by atoms with Crippen molar-refractivity contribution in [3.63, 3.8) is 0 Å². The van der Waals surface area contributed by atoms with Crippen LogP contribution in [0.4, 0.5) is 0 Å². The molecule has 0 fully saturated rings. The third kappa shape index (κ3) is 2.49. The molecule has 0 unspecified atom stereocenters. The lowest BCUT2D eigenvalue weighted by Gasteiger charge is -2.04. The van der Waals surface area contributed by atoms with E-state index in [1.165, 1.54) is 18.5 Å². The minimum absolute atomic E-state index is 0.296. The van der Waals surface area contributed by atoms with E-state index in [2.05, 4.69) is 15.3 Å². The fourth-order valence-corrected chi connectivity index (χ4v) is 1.42. The van der Waals surface area contributed by atoms with Gasteiger partial charge in [-0.1, -0.05) is 0 Å². The van der Waals surface area contributed by atoms with E-state index in [-0.39, 0.29) is 5.91 Å². The topological polar surface area (TPSA) is 81.6 Å². The van der Waals surface area contributed by atoms with Gasteiger partial charge in [0, 0.05) is 31.3 Å². The number of carbonyl (C=O) groups excluding carboxylic acids is 1. The monoisotopic (exact) mass is 226 g/mol. The van der Waals surface area contributed by atoms with Crippen molar-refractivity contribution in [3.8, 4) is 6.07 Å². The quantitative estimate of drug-likeness (QED) is 0.825. The predicted octanol–water partition coefficient (Wildman–Crippen LogP) is 1.21. The van der Waals surface area contributed by atoms with Gasteiger partial charge >= 0.3 is 0 Å². The Kier molecular flexibility index (Phi) is 3.17. The molecule has 0 saturated carbocycles. The molecule has 0 spiro atoms. The first-order valence-electron chi connectivity index (χ1n) is 5.05. The van der Waals surface area contributed by atoms with E-state index in [1.54, 1.807) is 12.4 Å². The summed E-state index contributed by atoms with van der Waals surface area (Å²) < 4.78 is 0. The van der Waals surface area contributed by atoms with Gasteiger partial charge in [0.05, 0.1) is 11.1 Å². The first-order valence-corrected chi connectivity index (χ1v) is 5.05. The Balaban J connectivity index is 2.08. The second kappa shape index (κ2) is 4.94. The number of rotatable bonds is 3. The number of nitrogens with zero attached hydrogens (tertiary/aromatic N) is 2. The Morgan fingerprint density at radius 2 is 2.41 bits per heavy atom. The molecule has 5 heteroatoms. The molecule has 0 radical (unpaired) electrons. The number of nitrogens with one attached hydrogen (secondary N) is 2. The Bertz CT molecular complexity index is 554. The summed E-state index contributed by atoms with van der Waals surface area (Å²) in [6.45, 7) is 0.419. The summed E-state index contributed by atoms with van der Waals surface area (Å²) in [7, 11) is 0. The highest BCUT2D eigenvalue weighted by molar-refractivity contribution is 5.96. The van der Waals surface area contributed by atoms with Crippen molar-refractivity contribution in [2.75, 3.05) is 0 Å². The van der Waals surface area contributed by atoms with Crippen LogP contribution in [0.2, 0.25) is 0 Å². The van der Waals surface area contributed by atoms with Crippen molar-refractivity contribution in [1.29, 1.82) is 5.26 Å². The summed E-state index contributed by atoms with van der Waals surface area (Å²) in [6, 6.07) is 5.35. The molecule has 84 valence electrons. The largest absolute Gasteiger partial charge is 0.367 e. The molecule has 2 heterocycles. The maximum absolute atomic E-state index is 11.8. The molecule has 17 heavy (non-hydrogen) atoms. The van der Waals surface area contributed by atoms with Crippen molar-refractivity contribution in [1.82, 2.24) is 15.3 Å². The molecular weight excluding hydrogens is 216 g/mol. The van der Waals surface area contributed by atoms with Crippen LogP contribution in [0.1, 0.15) is 21.5 Å². The second-order valence-electron chi connectivity index (χ2n) is 3.43. The molecule has 5 nitrogen and oxygen atoms in total. The van der Waals surface area contributed by atoms with E-state index < -0.39 is 0 Å². The number of pyridine rings is 1. The van der Waals surface area contributed by atoms with Crippen LogP contribution in [0.15, 0.2) is 36.9 Å². The molecule has 0 aliphatic heterocycles. The molecule has 0 saturated heterocycles. The minimum atomic E-state index is -0.296. The number of hydrogen-bond acceptors (Lipinski definition) is 3. The van der Waals surface area contributed by atoms with Gasteiger partial charge in [-0.25, -0.2) is 0 Å². The van der Waals surface area contributed by atoms with Gasteiger partial charge in [0.25, 0.3) is 5.91 Å². The zero-order chi connectivity index (χ0) is 12.1. The third-order valence-corrected chi connectivity index (χ3v) is 2.30. The number of amides is 1. The van der Waals surface area contributed by atoms with E-state index in [9.17, 15) is 4.79 Å². The average molecular weight is 226 g/mol. The van der Waals surface area contributed by atoms with Gasteiger partial charge in [-0.15, -0.1) is 0 Å². The number of H-pyrrole nitrogens is 1. The predicted molar refractivity (Wildman–Crippen MR) is 60.9 cm³/mol. The third-order valence-electron chi connectivity index (χ3n) is 2.30. The van der Waals surface area contributed by atoms with E-state index in [0.29, 0.717) is 17.7 Å². The lowest BCUT2D eigenvalue weighted by Crippen LogP contribution is -2.23. The second-order valence-corrected chi connectivity index (χ2v) is 3.43. The first-order chi connectivity index (χ1) is 8.31. The minimum Gasteiger partial charge on any atom is -0.367 e. The molecule has 0 aliphatic rings. The highest BCUT2D eigenvalue weighted by Crippen LogP contribution is 2.05. The number of hydrogen-bond donors (Lipinski definition) is 2. The Hall–Kier alpha value is -2.61. The van der Waals surface area contributed by atoms with Crippen molar-refractivity contribution in [3.05, 3.63) is 53.6 Å². The first kappa shape index (κ1) is 10.9. The average Bonchev–Trinajstić information content (AvgIpc) is 2.89. The molecule has 0 aliphatic carbocycles. The Morgan fingerprint density at radius 1 is 1.53 bits per heavy atom. The van der Waals surface area contributed by atoms with Gasteiger partial charge in [0.15, 0.2) is 0 Å². The van der Waals surface area contributed by atoms with Gasteiger partial charge in [-0.05, 0) is 17.7 Å². The van der Waals surface area contributed by atoms with Crippen LogP contribution in [0, 0.1) is 11.3 Å². The SMILES string of the molecule is N#Cc1ccncc1C(=O)NCc1cc[nH]c1. The van der Waals surface area contributed by atoms with Crippen LogP contribution < -0.4 is 5.32 Å². The molecule has 2 N–H and O–H groups in total. The maximum atomic E-state index is 11.8. The fraction of sp³-hybridized carbons (Fsp3) is 0.0833. The van der Waals surface area contributed by atoms with Crippen LogP contribution in [0.5, 0.6) is 0 Å². The summed E-state index contributed by atoms with van der Waals surface area (Å²) in [6.07, 6.45) is 6.47. The van der Waals surface area contributed by atoms with Crippen LogP contribution in [0.3, 0.4) is 0 Å². The summed E-state index contributed by atoms with van der Waals surface area (Å²) in [5.41, 5.74) is 1.60. The highest BCUT2D eigenvalue weighted by atomic mass is 16.1. The zero-order valence-corrected chi connectivity index (χ0v) is 8.97. The van der Waals surface area contributed by atoms with E-state index in [0.717, 1.165) is 5.56 Å². The Morgan fingerprint density at radius 3 is 3.12 bits per heavy atom. The molecule has 2 aromatic heterocycles. The van der Waals surface area contributed by atoms with E-state index in [4.69, 9.17) is 5.26 Å².